The molecule has 1 saturated heterocycles. The Morgan fingerprint density at radius 1 is 1.37 bits per heavy atom. The number of benzene rings is 1. The first-order chi connectivity index (χ1) is 12.8. The zero-order chi connectivity index (χ0) is 19.6. The van der Waals surface area contributed by atoms with Gasteiger partial charge in [-0.15, -0.1) is 0 Å². The molecule has 146 valence electrons. The lowest BCUT2D eigenvalue weighted by Gasteiger charge is -2.37. The van der Waals surface area contributed by atoms with Crippen LogP contribution in [0.25, 0.3) is 10.9 Å². The van der Waals surface area contributed by atoms with E-state index in [2.05, 4.69) is 29.0 Å². The highest BCUT2D eigenvalue weighted by atomic mass is 35.5. The molecule has 7 heteroatoms. The Labute approximate surface area is 164 Å². The maximum absolute atomic E-state index is 12.6. The first-order valence-electron chi connectivity index (χ1n) is 9.21. The molecule has 1 aromatic heterocycles. The number of halogens is 1. The zero-order valence-corrected chi connectivity index (χ0v) is 16.8. The Morgan fingerprint density at radius 3 is 2.85 bits per heavy atom. The number of nitrogens with zero attached hydrogens (tertiary/aromatic N) is 1. The molecule has 0 unspecified atom stereocenters. The van der Waals surface area contributed by atoms with E-state index in [1.165, 1.54) is 13.5 Å². The maximum Gasteiger partial charge on any atom is 0.356 e. The van der Waals surface area contributed by atoms with E-state index in [1.54, 1.807) is 18.2 Å². The van der Waals surface area contributed by atoms with E-state index < -0.39 is 5.97 Å². The van der Waals surface area contributed by atoms with Gasteiger partial charge >= 0.3 is 5.97 Å². The minimum absolute atomic E-state index is 0.135. The zero-order valence-electron chi connectivity index (χ0n) is 16.0. The van der Waals surface area contributed by atoms with Gasteiger partial charge in [0.25, 0.3) is 0 Å². The minimum atomic E-state index is -0.532. The van der Waals surface area contributed by atoms with Crippen molar-refractivity contribution in [1.82, 2.24) is 9.88 Å². The van der Waals surface area contributed by atoms with Crippen LogP contribution in [-0.2, 0) is 9.53 Å². The Balaban J connectivity index is 1.74. The van der Waals surface area contributed by atoms with Crippen LogP contribution in [0.2, 0.25) is 5.02 Å². The molecule has 0 spiro atoms. The SMILES string of the molecule is COC(=O)c1[nH]c2ccc(Cl)cc2c1NC(=O)CCN1CCCC(C)(C)C1. The van der Waals surface area contributed by atoms with Crippen molar-refractivity contribution in [2.75, 3.05) is 32.1 Å². The van der Waals surface area contributed by atoms with Crippen molar-refractivity contribution < 1.29 is 14.3 Å². The molecule has 1 aromatic carbocycles. The second kappa shape index (κ2) is 7.90. The third kappa shape index (κ3) is 4.62. The summed E-state index contributed by atoms with van der Waals surface area (Å²) in [6.45, 7) is 7.24. The van der Waals surface area contributed by atoms with E-state index in [0.717, 1.165) is 19.5 Å². The van der Waals surface area contributed by atoms with Gasteiger partial charge in [-0.3, -0.25) is 4.79 Å². The van der Waals surface area contributed by atoms with Crippen molar-refractivity contribution in [3.8, 4) is 0 Å². The van der Waals surface area contributed by atoms with Crippen LogP contribution >= 0.6 is 11.6 Å². The van der Waals surface area contributed by atoms with E-state index in [9.17, 15) is 9.59 Å². The highest BCUT2D eigenvalue weighted by Gasteiger charge is 2.26. The molecule has 1 aliphatic heterocycles. The molecule has 2 heterocycles. The quantitative estimate of drug-likeness (QED) is 0.754. The average Bonchev–Trinajstić information content (AvgIpc) is 2.96. The van der Waals surface area contributed by atoms with Gasteiger partial charge in [-0.05, 0) is 43.0 Å². The van der Waals surface area contributed by atoms with Crippen molar-refractivity contribution in [1.29, 1.82) is 0 Å². The number of anilines is 1. The third-order valence-corrected chi connectivity index (χ3v) is 5.28. The number of aromatic amines is 1. The van der Waals surface area contributed by atoms with Crippen LogP contribution in [0.1, 0.15) is 43.6 Å². The van der Waals surface area contributed by atoms with Crippen LogP contribution in [0.15, 0.2) is 18.2 Å². The number of hydrogen-bond donors (Lipinski definition) is 2. The number of aromatic nitrogens is 1. The van der Waals surface area contributed by atoms with Crippen molar-refractivity contribution in [3.05, 3.63) is 28.9 Å². The van der Waals surface area contributed by atoms with E-state index in [1.807, 2.05) is 0 Å². The maximum atomic E-state index is 12.6. The Hall–Kier alpha value is -2.05. The normalized spacial score (nSPS) is 17.0. The summed E-state index contributed by atoms with van der Waals surface area (Å²) in [4.78, 5) is 30.0. The fraction of sp³-hybridized carbons (Fsp3) is 0.500. The Morgan fingerprint density at radius 2 is 2.15 bits per heavy atom. The Kier molecular flexibility index (Phi) is 5.77. The van der Waals surface area contributed by atoms with Crippen molar-refractivity contribution in [3.63, 3.8) is 0 Å². The van der Waals surface area contributed by atoms with Crippen LogP contribution < -0.4 is 5.32 Å². The van der Waals surface area contributed by atoms with Crippen molar-refractivity contribution in [2.24, 2.45) is 5.41 Å². The molecule has 0 saturated carbocycles. The lowest BCUT2D eigenvalue weighted by atomic mass is 9.84. The number of hydrogen-bond acceptors (Lipinski definition) is 4. The molecule has 2 aromatic rings. The predicted molar refractivity (Wildman–Crippen MR) is 107 cm³/mol. The molecule has 1 amide bonds. The highest BCUT2D eigenvalue weighted by molar-refractivity contribution is 6.31. The molecule has 0 bridgehead atoms. The average molecular weight is 392 g/mol. The number of carbonyl (C=O) groups is 2. The van der Waals surface area contributed by atoms with Gasteiger partial charge in [0, 0.05) is 35.4 Å². The molecule has 0 radical (unpaired) electrons. The number of piperidine rings is 1. The number of fused-ring (bicyclic) bond motifs is 1. The van der Waals surface area contributed by atoms with Gasteiger partial charge in [0.2, 0.25) is 5.91 Å². The molecular weight excluding hydrogens is 366 g/mol. The van der Waals surface area contributed by atoms with Gasteiger partial charge in [0.1, 0.15) is 5.69 Å². The second-order valence-electron chi connectivity index (χ2n) is 7.90. The lowest BCUT2D eigenvalue weighted by molar-refractivity contribution is -0.116. The summed E-state index contributed by atoms with van der Waals surface area (Å²) in [6.07, 6.45) is 2.74. The monoisotopic (exact) mass is 391 g/mol. The molecule has 1 fully saturated rings. The van der Waals surface area contributed by atoms with Crippen LogP contribution in [0, 0.1) is 5.41 Å². The number of nitrogens with one attached hydrogen (secondary N) is 2. The number of esters is 1. The highest BCUT2D eigenvalue weighted by Crippen LogP contribution is 2.31. The number of H-pyrrole nitrogens is 1. The molecule has 2 N–H and O–H groups in total. The van der Waals surface area contributed by atoms with Crippen molar-refractivity contribution in [2.45, 2.75) is 33.1 Å². The molecule has 0 atom stereocenters. The van der Waals surface area contributed by atoms with E-state index in [4.69, 9.17) is 16.3 Å². The smallest absolute Gasteiger partial charge is 0.356 e. The van der Waals surface area contributed by atoms with Crippen LogP contribution in [-0.4, -0.2) is 48.5 Å². The number of carbonyl (C=O) groups excluding carboxylic acids is 2. The van der Waals surface area contributed by atoms with E-state index in [0.29, 0.717) is 40.0 Å². The second-order valence-corrected chi connectivity index (χ2v) is 8.34. The van der Waals surface area contributed by atoms with Gasteiger partial charge in [-0.2, -0.15) is 0 Å². The number of rotatable bonds is 5. The summed E-state index contributed by atoms with van der Waals surface area (Å²) >= 11 is 6.09. The summed E-state index contributed by atoms with van der Waals surface area (Å²) in [6, 6.07) is 5.23. The van der Waals surface area contributed by atoms with Gasteiger partial charge in [0.05, 0.1) is 12.8 Å². The molecule has 0 aliphatic carbocycles. The number of likely N-dealkylation sites (tertiary alicyclic amines) is 1. The van der Waals surface area contributed by atoms with E-state index >= 15 is 0 Å². The largest absolute Gasteiger partial charge is 0.464 e. The number of methoxy groups -OCH3 is 1. The minimum Gasteiger partial charge on any atom is -0.464 e. The van der Waals surface area contributed by atoms with Crippen LogP contribution in [0.4, 0.5) is 5.69 Å². The topological polar surface area (TPSA) is 74.4 Å². The summed E-state index contributed by atoms with van der Waals surface area (Å²) in [5.41, 5.74) is 1.65. The predicted octanol–water partition coefficient (Wildman–Crippen LogP) is 4.06. The molecule has 6 nitrogen and oxygen atoms in total. The third-order valence-electron chi connectivity index (χ3n) is 5.05. The summed E-state index contributed by atoms with van der Waals surface area (Å²) in [5, 5.41) is 4.10. The molecular formula is C20H26ClN3O3. The van der Waals surface area contributed by atoms with Crippen LogP contribution in [0.3, 0.4) is 0 Å². The van der Waals surface area contributed by atoms with Gasteiger partial charge in [0.15, 0.2) is 0 Å². The summed E-state index contributed by atoms with van der Waals surface area (Å²) < 4.78 is 4.83. The van der Waals surface area contributed by atoms with Gasteiger partial charge < -0.3 is 19.9 Å². The molecule has 3 rings (SSSR count). The standard InChI is InChI=1S/C20H26ClN3O3/c1-20(2)8-4-9-24(12-20)10-7-16(25)23-17-14-11-13(21)5-6-15(14)22-18(17)19(26)27-3/h5-6,11,22H,4,7-10,12H2,1-3H3,(H,23,25). The number of amides is 1. The summed E-state index contributed by atoms with van der Waals surface area (Å²) in [7, 11) is 1.31. The fourth-order valence-electron chi connectivity index (χ4n) is 3.75. The first-order valence-corrected chi connectivity index (χ1v) is 9.58. The van der Waals surface area contributed by atoms with E-state index in [-0.39, 0.29) is 11.6 Å². The first kappa shape index (κ1) is 19.7. The fourth-order valence-corrected chi connectivity index (χ4v) is 3.92. The molecule has 27 heavy (non-hydrogen) atoms. The molecule has 1 aliphatic rings. The van der Waals surface area contributed by atoms with Crippen molar-refractivity contribution >= 4 is 40.1 Å². The van der Waals surface area contributed by atoms with Gasteiger partial charge in [-0.25, -0.2) is 4.79 Å². The number of ether oxygens (including phenoxy) is 1. The van der Waals surface area contributed by atoms with Crippen LogP contribution in [0.5, 0.6) is 0 Å². The van der Waals surface area contributed by atoms with Gasteiger partial charge in [-0.1, -0.05) is 25.4 Å². The lowest BCUT2D eigenvalue weighted by Crippen LogP contribution is -2.41. The summed E-state index contributed by atoms with van der Waals surface area (Å²) in [5.74, 6) is -0.667. The Bertz CT molecular complexity index is 860.